The number of nitrogens with one attached hydrogen (secondary N) is 1. The van der Waals surface area contributed by atoms with Crippen LogP contribution in [-0.2, 0) is 4.74 Å². The van der Waals surface area contributed by atoms with Crippen molar-refractivity contribution in [3.8, 4) is 5.75 Å². The van der Waals surface area contributed by atoms with E-state index in [0.717, 1.165) is 37.7 Å². The van der Waals surface area contributed by atoms with E-state index in [1.54, 1.807) is 0 Å². The van der Waals surface area contributed by atoms with Crippen LogP contribution in [0, 0.1) is 0 Å². The Labute approximate surface area is 173 Å². The summed E-state index contributed by atoms with van der Waals surface area (Å²) in [5.41, 5.74) is 1.67. The predicted octanol–water partition coefficient (Wildman–Crippen LogP) is 3.77. The van der Waals surface area contributed by atoms with Crippen molar-refractivity contribution in [3.05, 3.63) is 65.2 Å². The monoisotopic (exact) mass is 410 g/mol. The van der Waals surface area contributed by atoms with Gasteiger partial charge in [-0.25, -0.2) is 0 Å². The van der Waals surface area contributed by atoms with Gasteiger partial charge in [0.05, 0.1) is 13.2 Å². The zero-order valence-corrected chi connectivity index (χ0v) is 16.9. The molecule has 29 heavy (non-hydrogen) atoms. The Morgan fingerprint density at radius 1 is 1.10 bits per heavy atom. The number of carbonyl (C=O) groups is 1. The molecular formula is C21H22N4O3S. The fraction of sp³-hybridized carbons (Fsp3) is 0.286. The van der Waals surface area contributed by atoms with Crippen molar-refractivity contribution < 1.29 is 14.3 Å². The number of amides is 1. The van der Waals surface area contributed by atoms with Gasteiger partial charge in [0, 0.05) is 24.3 Å². The molecule has 0 saturated carbocycles. The van der Waals surface area contributed by atoms with Crippen molar-refractivity contribution in [1.82, 2.24) is 10.2 Å². The molecule has 1 N–H and O–H groups in total. The fourth-order valence-electron chi connectivity index (χ4n) is 3.02. The number of anilines is 2. The first kappa shape index (κ1) is 19.4. The van der Waals surface area contributed by atoms with Gasteiger partial charge in [-0.1, -0.05) is 29.5 Å². The Bertz CT molecular complexity index is 940. The number of aromatic nitrogens is 2. The number of morpholine rings is 1. The minimum absolute atomic E-state index is 0.210. The van der Waals surface area contributed by atoms with Gasteiger partial charge in [0.15, 0.2) is 5.01 Å². The molecule has 1 aliphatic heterocycles. The van der Waals surface area contributed by atoms with Crippen LogP contribution in [0.1, 0.15) is 28.4 Å². The third-order valence-corrected chi connectivity index (χ3v) is 5.57. The maximum atomic E-state index is 12.5. The number of carbonyl (C=O) groups excluding carboxylic acids is 1. The van der Waals surface area contributed by atoms with Crippen LogP contribution in [0.4, 0.5) is 10.8 Å². The average Bonchev–Trinajstić information content (AvgIpc) is 3.24. The first-order chi connectivity index (χ1) is 14.2. The van der Waals surface area contributed by atoms with Crippen LogP contribution in [0.2, 0.25) is 0 Å². The molecule has 0 radical (unpaired) electrons. The van der Waals surface area contributed by atoms with Crippen molar-refractivity contribution >= 4 is 28.1 Å². The fourth-order valence-corrected chi connectivity index (χ4v) is 3.74. The second kappa shape index (κ2) is 9.02. The molecule has 1 aliphatic rings. The lowest BCUT2D eigenvalue weighted by Crippen LogP contribution is -2.36. The van der Waals surface area contributed by atoms with Crippen LogP contribution in [0.25, 0.3) is 0 Å². The summed E-state index contributed by atoms with van der Waals surface area (Å²) in [5, 5.41) is 12.2. The van der Waals surface area contributed by atoms with Crippen molar-refractivity contribution in [2.75, 3.05) is 36.5 Å². The topological polar surface area (TPSA) is 76.6 Å². The van der Waals surface area contributed by atoms with Gasteiger partial charge in [-0.2, -0.15) is 0 Å². The van der Waals surface area contributed by atoms with Crippen molar-refractivity contribution in [1.29, 1.82) is 0 Å². The Balaban J connectivity index is 1.36. The zero-order chi connectivity index (χ0) is 20.1. The first-order valence-electron chi connectivity index (χ1n) is 9.48. The van der Waals surface area contributed by atoms with Crippen LogP contribution in [0.3, 0.4) is 0 Å². The maximum Gasteiger partial charge on any atom is 0.257 e. The summed E-state index contributed by atoms with van der Waals surface area (Å²) in [5.74, 6) is 0.555. The van der Waals surface area contributed by atoms with Gasteiger partial charge in [-0.3, -0.25) is 10.1 Å². The van der Waals surface area contributed by atoms with E-state index in [2.05, 4.69) is 20.4 Å². The summed E-state index contributed by atoms with van der Waals surface area (Å²) in [7, 11) is 0. The average molecular weight is 410 g/mol. The highest BCUT2D eigenvalue weighted by molar-refractivity contribution is 7.15. The molecule has 3 aromatic rings. The number of rotatable bonds is 6. The third kappa shape index (κ3) is 4.90. The molecular weight excluding hydrogens is 388 g/mol. The van der Waals surface area contributed by atoms with Crippen LogP contribution in [0.15, 0.2) is 54.6 Å². The normalized spacial score (nSPS) is 15.0. The highest BCUT2D eigenvalue weighted by Gasteiger charge is 2.16. The molecule has 2 aromatic carbocycles. The number of para-hydroxylation sites is 1. The van der Waals surface area contributed by atoms with Gasteiger partial charge in [0.2, 0.25) is 5.13 Å². The van der Waals surface area contributed by atoms with Gasteiger partial charge >= 0.3 is 0 Å². The minimum Gasteiger partial charge on any atom is -0.483 e. The standard InChI is InChI=1S/C21H22N4O3S/c1-15(28-18-5-3-2-4-6-18)20-23-24-21(29-20)22-19(26)16-7-9-17(10-8-16)25-11-13-27-14-12-25/h2-10,15H,11-14H2,1H3,(H,22,24,26). The summed E-state index contributed by atoms with van der Waals surface area (Å²) in [6, 6.07) is 17.1. The number of hydrogen-bond acceptors (Lipinski definition) is 7. The molecule has 4 rings (SSSR count). The lowest BCUT2D eigenvalue weighted by Gasteiger charge is -2.28. The molecule has 1 unspecified atom stereocenters. The highest BCUT2D eigenvalue weighted by Crippen LogP contribution is 2.26. The Kier molecular flexibility index (Phi) is 6.02. The Morgan fingerprint density at radius 2 is 1.83 bits per heavy atom. The number of nitrogens with zero attached hydrogens (tertiary/aromatic N) is 3. The molecule has 1 amide bonds. The number of ether oxygens (including phenoxy) is 2. The van der Waals surface area contributed by atoms with Gasteiger partial charge in [0.25, 0.3) is 5.91 Å². The lowest BCUT2D eigenvalue weighted by atomic mass is 10.2. The smallest absolute Gasteiger partial charge is 0.257 e. The van der Waals surface area contributed by atoms with Crippen molar-refractivity contribution in [2.45, 2.75) is 13.0 Å². The van der Waals surface area contributed by atoms with E-state index in [4.69, 9.17) is 9.47 Å². The van der Waals surface area contributed by atoms with E-state index in [9.17, 15) is 4.79 Å². The van der Waals surface area contributed by atoms with Gasteiger partial charge in [-0.05, 0) is 43.3 Å². The Hall–Kier alpha value is -2.97. The van der Waals surface area contributed by atoms with Crippen LogP contribution >= 0.6 is 11.3 Å². The van der Waals surface area contributed by atoms with Crippen LogP contribution in [0.5, 0.6) is 5.75 Å². The molecule has 150 valence electrons. The number of hydrogen-bond donors (Lipinski definition) is 1. The molecule has 1 fully saturated rings. The molecule has 1 atom stereocenters. The summed E-state index contributed by atoms with van der Waals surface area (Å²) in [4.78, 5) is 14.8. The van der Waals surface area contributed by atoms with E-state index in [1.165, 1.54) is 11.3 Å². The summed E-state index contributed by atoms with van der Waals surface area (Å²) in [6.07, 6.45) is -0.256. The predicted molar refractivity (Wildman–Crippen MR) is 113 cm³/mol. The zero-order valence-electron chi connectivity index (χ0n) is 16.1. The summed E-state index contributed by atoms with van der Waals surface area (Å²) in [6.45, 7) is 5.09. The molecule has 0 spiro atoms. The van der Waals surface area contributed by atoms with Crippen molar-refractivity contribution in [3.63, 3.8) is 0 Å². The summed E-state index contributed by atoms with van der Waals surface area (Å²) < 4.78 is 11.2. The second-order valence-corrected chi connectivity index (χ2v) is 7.63. The molecule has 7 nitrogen and oxygen atoms in total. The van der Waals surface area contributed by atoms with Gasteiger partial charge < -0.3 is 14.4 Å². The first-order valence-corrected chi connectivity index (χ1v) is 10.3. The SMILES string of the molecule is CC(Oc1ccccc1)c1nnc(NC(=O)c2ccc(N3CCOCC3)cc2)s1. The quantitative estimate of drug-likeness (QED) is 0.667. The second-order valence-electron chi connectivity index (χ2n) is 6.62. The molecule has 0 bridgehead atoms. The Morgan fingerprint density at radius 3 is 2.55 bits per heavy atom. The molecule has 1 aromatic heterocycles. The van der Waals surface area contributed by atoms with Crippen molar-refractivity contribution in [2.24, 2.45) is 0 Å². The highest BCUT2D eigenvalue weighted by atomic mass is 32.1. The molecule has 1 saturated heterocycles. The molecule has 0 aliphatic carbocycles. The van der Waals surface area contributed by atoms with E-state index >= 15 is 0 Å². The van der Waals surface area contributed by atoms with Crippen LogP contribution < -0.4 is 15.0 Å². The number of benzene rings is 2. The summed E-state index contributed by atoms with van der Waals surface area (Å²) >= 11 is 1.31. The lowest BCUT2D eigenvalue weighted by molar-refractivity contribution is 0.102. The van der Waals surface area contributed by atoms with E-state index in [0.29, 0.717) is 15.7 Å². The van der Waals surface area contributed by atoms with E-state index in [-0.39, 0.29) is 12.0 Å². The van der Waals surface area contributed by atoms with Crippen LogP contribution in [-0.4, -0.2) is 42.4 Å². The minimum atomic E-state index is -0.256. The molecule has 8 heteroatoms. The maximum absolute atomic E-state index is 12.5. The molecule has 2 heterocycles. The third-order valence-electron chi connectivity index (χ3n) is 4.57. The van der Waals surface area contributed by atoms with E-state index in [1.807, 2.05) is 61.5 Å². The largest absolute Gasteiger partial charge is 0.483 e. The van der Waals surface area contributed by atoms with Gasteiger partial charge in [-0.15, -0.1) is 10.2 Å². The van der Waals surface area contributed by atoms with Gasteiger partial charge in [0.1, 0.15) is 11.9 Å². The van der Waals surface area contributed by atoms with E-state index < -0.39 is 0 Å².